The van der Waals surface area contributed by atoms with Crippen LogP contribution in [0.25, 0.3) is 0 Å². The highest BCUT2D eigenvalue weighted by molar-refractivity contribution is 5.24. The molecule has 0 aliphatic heterocycles. The maximum Gasteiger partial charge on any atom is -0.0398 e. The van der Waals surface area contributed by atoms with E-state index in [1.54, 1.807) is 0 Å². The van der Waals surface area contributed by atoms with Gasteiger partial charge < -0.3 is 0 Å². The molecule has 0 spiro atoms. The summed E-state index contributed by atoms with van der Waals surface area (Å²) >= 11 is 0. The van der Waals surface area contributed by atoms with E-state index in [1.165, 1.54) is 5.57 Å². The molecule has 0 nitrogen and oxygen atoms in total. The molecule has 0 unspecified atom stereocenters. The Bertz CT molecular complexity index is 147. The van der Waals surface area contributed by atoms with Gasteiger partial charge in [-0.1, -0.05) is 36.0 Å². The fraction of sp³-hybridized carbons (Fsp3) is 0.333. The van der Waals surface area contributed by atoms with Gasteiger partial charge in [0.1, 0.15) is 0 Å². The van der Waals surface area contributed by atoms with Crippen LogP contribution in [0.5, 0.6) is 0 Å². The molecule has 0 fully saturated rings. The molecule has 0 bridgehead atoms. The topological polar surface area (TPSA) is 0 Å². The summed E-state index contributed by atoms with van der Waals surface area (Å²) < 4.78 is 0. The SMILES string of the molecule is C=C(C)/C=C(\C)C=CC. The minimum Gasteiger partial charge on any atom is -0.0961 e. The molecule has 0 aromatic rings. The lowest BCUT2D eigenvalue weighted by Gasteiger charge is -1.89. The standard InChI is InChI=1S/C9H14/c1-5-6-9(4)7-8(2)3/h5-7H,2H2,1,3-4H3/b6-5?,9-7+. The molecular formula is C9H14. The lowest BCUT2D eigenvalue weighted by Crippen LogP contribution is -1.68. The predicted molar refractivity (Wildman–Crippen MR) is 43.4 cm³/mol. The first-order chi connectivity index (χ1) is 4.16. The highest BCUT2D eigenvalue weighted by Crippen LogP contribution is 1.99. The summed E-state index contributed by atoms with van der Waals surface area (Å²) in [4.78, 5) is 0. The third-order valence-corrected chi connectivity index (χ3v) is 0.904. The molecule has 0 aromatic heterocycles. The summed E-state index contributed by atoms with van der Waals surface area (Å²) in [5.74, 6) is 0. The van der Waals surface area contributed by atoms with Crippen LogP contribution in [0.2, 0.25) is 0 Å². The normalized spacial score (nSPS) is 12.6. The molecular weight excluding hydrogens is 108 g/mol. The van der Waals surface area contributed by atoms with Gasteiger partial charge in [0.05, 0.1) is 0 Å². The van der Waals surface area contributed by atoms with Crippen molar-refractivity contribution in [3.63, 3.8) is 0 Å². The van der Waals surface area contributed by atoms with Gasteiger partial charge in [0, 0.05) is 0 Å². The molecule has 0 aliphatic carbocycles. The van der Waals surface area contributed by atoms with Crippen LogP contribution >= 0.6 is 0 Å². The lowest BCUT2D eigenvalue weighted by molar-refractivity contribution is 1.44. The Morgan fingerprint density at radius 3 is 2.22 bits per heavy atom. The van der Waals surface area contributed by atoms with Crippen LogP contribution in [0.1, 0.15) is 20.8 Å². The molecule has 0 amide bonds. The molecule has 9 heavy (non-hydrogen) atoms. The Morgan fingerprint density at radius 2 is 1.89 bits per heavy atom. The molecule has 0 aromatic carbocycles. The van der Waals surface area contributed by atoms with Gasteiger partial charge in [-0.3, -0.25) is 0 Å². The Kier molecular flexibility index (Phi) is 3.78. The average molecular weight is 122 g/mol. The van der Waals surface area contributed by atoms with Crippen molar-refractivity contribution in [1.29, 1.82) is 0 Å². The van der Waals surface area contributed by atoms with Crippen molar-refractivity contribution >= 4 is 0 Å². The lowest BCUT2D eigenvalue weighted by atomic mass is 10.2. The maximum absolute atomic E-state index is 3.77. The van der Waals surface area contributed by atoms with Crippen LogP contribution in [0.3, 0.4) is 0 Å². The van der Waals surface area contributed by atoms with Gasteiger partial charge in [-0.25, -0.2) is 0 Å². The van der Waals surface area contributed by atoms with Crippen molar-refractivity contribution < 1.29 is 0 Å². The van der Waals surface area contributed by atoms with Gasteiger partial charge >= 0.3 is 0 Å². The molecule has 0 radical (unpaired) electrons. The fourth-order valence-corrected chi connectivity index (χ4v) is 0.700. The predicted octanol–water partition coefficient (Wildman–Crippen LogP) is 3.08. The van der Waals surface area contributed by atoms with Crippen molar-refractivity contribution in [1.82, 2.24) is 0 Å². The van der Waals surface area contributed by atoms with Crippen LogP contribution in [0, 0.1) is 0 Å². The molecule has 0 N–H and O–H groups in total. The first-order valence-electron chi connectivity index (χ1n) is 3.13. The van der Waals surface area contributed by atoms with Crippen LogP contribution in [0.4, 0.5) is 0 Å². The first-order valence-corrected chi connectivity index (χ1v) is 3.13. The Morgan fingerprint density at radius 1 is 1.33 bits per heavy atom. The molecule has 0 aliphatic rings. The Hall–Kier alpha value is -0.780. The molecule has 0 atom stereocenters. The van der Waals surface area contributed by atoms with Gasteiger partial charge in [0.25, 0.3) is 0 Å². The Balaban J connectivity index is 4.00. The van der Waals surface area contributed by atoms with E-state index < -0.39 is 0 Å². The second-order valence-corrected chi connectivity index (χ2v) is 2.23. The first kappa shape index (κ1) is 8.22. The second-order valence-electron chi connectivity index (χ2n) is 2.23. The molecule has 0 heteroatoms. The van der Waals surface area contributed by atoms with E-state index in [4.69, 9.17) is 0 Å². The van der Waals surface area contributed by atoms with Gasteiger partial charge in [-0.05, 0) is 20.8 Å². The Labute approximate surface area is 57.6 Å². The summed E-state index contributed by atoms with van der Waals surface area (Å²) in [6.45, 7) is 9.83. The van der Waals surface area contributed by atoms with Crippen molar-refractivity contribution in [2.45, 2.75) is 20.8 Å². The summed E-state index contributed by atoms with van der Waals surface area (Å²) in [6, 6.07) is 0. The van der Waals surface area contributed by atoms with Crippen LogP contribution in [0.15, 0.2) is 36.0 Å². The molecule has 0 saturated carbocycles. The second kappa shape index (κ2) is 4.13. The highest BCUT2D eigenvalue weighted by atomic mass is 13.8. The quantitative estimate of drug-likeness (QED) is 0.494. The fourth-order valence-electron chi connectivity index (χ4n) is 0.700. The summed E-state index contributed by atoms with van der Waals surface area (Å²) in [5.41, 5.74) is 2.36. The van der Waals surface area contributed by atoms with Crippen LogP contribution in [-0.4, -0.2) is 0 Å². The van der Waals surface area contributed by atoms with E-state index >= 15 is 0 Å². The third-order valence-electron chi connectivity index (χ3n) is 0.904. The average Bonchev–Trinajstić information content (AvgIpc) is 1.63. The zero-order valence-electron chi connectivity index (χ0n) is 6.44. The van der Waals surface area contributed by atoms with Gasteiger partial charge in [-0.2, -0.15) is 0 Å². The largest absolute Gasteiger partial charge is 0.0961 e. The molecule has 0 rings (SSSR count). The molecule has 50 valence electrons. The zero-order chi connectivity index (χ0) is 7.28. The van der Waals surface area contributed by atoms with Crippen molar-refractivity contribution in [3.05, 3.63) is 36.0 Å². The highest BCUT2D eigenvalue weighted by Gasteiger charge is 1.78. The maximum atomic E-state index is 3.77. The summed E-state index contributed by atoms with van der Waals surface area (Å²) in [6.07, 6.45) is 6.14. The zero-order valence-corrected chi connectivity index (χ0v) is 6.44. The summed E-state index contributed by atoms with van der Waals surface area (Å²) in [5, 5.41) is 0. The van der Waals surface area contributed by atoms with E-state index in [1.807, 2.05) is 19.9 Å². The number of hydrogen-bond acceptors (Lipinski definition) is 0. The number of rotatable bonds is 2. The van der Waals surface area contributed by atoms with Crippen molar-refractivity contribution in [2.24, 2.45) is 0 Å². The smallest absolute Gasteiger partial charge is 0.0398 e. The minimum absolute atomic E-state index is 1.10. The van der Waals surface area contributed by atoms with E-state index in [-0.39, 0.29) is 0 Å². The van der Waals surface area contributed by atoms with Crippen LogP contribution in [-0.2, 0) is 0 Å². The number of allylic oxidation sites excluding steroid dienone is 5. The van der Waals surface area contributed by atoms with E-state index in [0.717, 1.165) is 5.57 Å². The summed E-state index contributed by atoms with van der Waals surface area (Å²) in [7, 11) is 0. The third kappa shape index (κ3) is 5.09. The van der Waals surface area contributed by atoms with Crippen LogP contribution < -0.4 is 0 Å². The minimum atomic E-state index is 1.10. The monoisotopic (exact) mass is 122 g/mol. The van der Waals surface area contributed by atoms with E-state index in [0.29, 0.717) is 0 Å². The molecule has 0 saturated heterocycles. The number of hydrogen-bond donors (Lipinski definition) is 0. The van der Waals surface area contributed by atoms with Crippen molar-refractivity contribution in [2.75, 3.05) is 0 Å². The van der Waals surface area contributed by atoms with Gasteiger partial charge in [-0.15, -0.1) is 0 Å². The van der Waals surface area contributed by atoms with Gasteiger partial charge in [0.15, 0.2) is 0 Å². The van der Waals surface area contributed by atoms with E-state index in [2.05, 4.69) is 25.7 Å². The van der Waals surface area contributed by atoms with Crippen molar-refractivity contribution in [3.8, 4) is 0 Å². The molecule has 0 heterocycles. The van der Waals surface area contributed by atoms with E-state index in [9.17, 15) is 0 Å². The van der Waals surface area contributed by atoms with Gasteiger partial charge in [0.2, 0.25) is 0 Å².